The van der Waals surface area contributed by atoms with Gasteiger partial charge in [-0.25, -0.2) is 0 Å². The quantitative estimate of drug-likeness (QED) is 0.565. The van der Waals surface area contributed by atoms with Crippen LogP contribution in [0.3, 0.4) is 0 Å². The standard InChI is InChI=1S/C12H22O/c1-9(2)10-7-6-8-11(13-10)12(3,4)5/h6-7,9-11H,8H2,1-5H3. The molecule has 1 rings (SSSR count). The van der Waals surface area contributed by atoms with Gasteiger partial charge in [0.05, 0.1) is 12.2 Å². The molecule has 76 valence electrons. The number of rotatable bonds is 1. The van der Waals surface area contributed by atoms with Crippen LogP contribution in [-0.4, -0.2) is 12.2 Å². The van der Waals surface area contributed by atoms with E-state index in [2.05, 4.69) is 46.8 Å². The Morgan fingerprint density at radius 2 is 1.92 bits per heavy atom. The molecular formula is C12H22O. The molecule has 1 nitrogen and oxygen atoms in total. The van der Waals surface area contributed by atoms with Crippen LogP contribution in [0.4, 0.5) is 0 Å². The van der Waals surface area contributed by atoms with E-state index < -0.39 is 0 Å². The second kappa shape index (κ2) is 3.83. The molecule has 13 heavy (non-hydrogen) atoms. The molecule has 0 N–H and O–H groups in total. The predicted molar refractivity (Wildman–Crippen MR) is 56.7 cm³/mol. The van der Waals surface area contributed by atoms with E-state index in [9.17, 15) is 0 Å². The minimum absolute atomic E-state index is 0.262. The Morgan fingerprint density at radius 3 is 2.38 bits per heavy atom. The first-order chi connectivity index (χ1) is 5.91. The van der Waals surface area contributed by atoms with Crippen molar-refractivity contribution in [2.24, 2.45) is 11.3 Å². The van der Waals surface area contributed by atoms with Crippen LogP contribution in [0.25, 0.3) is 0 Å². The summed E-state index contributed by atoms with van der Waals surface area (Å²) in [7, 11) is 0. The summed E-state index contributed by atoms with van der Waals surface area (Å²) in [5.41, 5.74) is 0.262. The van der Waals surface area contributed by atoms with Gasteiger partial charge in [0.25, 0.3) is 0 Å². The third-order valence-electron chi connectivity index (χ3n) is 2.62. The Hall–Kier alpha value is -0.300. The van der Waals surface area contributed by atoms with E-state index in [1.807, 2.05) is 0 Å². The molecule has 0 fully saturated rings. The molecule has 0 aliphatic carbocycles. The second-order valence-electron chi connectivity index (χ2n) is 5.36. The third kappa shape index (κ3) is 2.84. The lowest BCUT2D eigenvalue weighted by molar-refractivity contribution is -0.0684. The molecule has 1 aliphatic rings. The molecule has 0 spiro atoms. The maximum atomic E-state index is 6.03. The van der Waals surface area contributed by atoms with Crippen LogP contribution < -0.4 is 0 Å². The van der Waals surface area contributed by atoms with Gasteiger partial charge < -0.3 is 4.74 Å². The summed E-state index contributed by atoms with van der Waals surface area (Å²) in [4.78, 5) is 0. The van der Waals surface area contributed by atoms with Crippen molar-refractivity contribution < 1.29 is 4.74 Å². The second-order valence-corrected chi connectivity index (χ2v) is 5.36. The van der Waals surface area contributed by atoms with E-state index in [0.29, 0.717) is 18.1 Å². The fourth-order valence-corrected chi connectivity index (χ4v) is 1.56. The zero-order valence-corrected chi connectivity index (χ0v) is 9.50. The van der Waals surface area contributed by atoms with Crippen molar-refractivity contribution in [2.45, 2.75) is 53.2 Å². The summed E-state index contributed by atoms with van der Waals surface area (Å²) in [6, 6.07) is 0. The van der Waals surface area contributed by atoms with Crippen molar-refractivity contribution >= 4 is 0 Å². The fourth-order valence-electron chi connectivity index (χ4n) is 1.56. The Balaban J connectivity index is 2.61. The number of hydrogen-bond acceptors (Lipinski definition) is 1. The van der Waals surface area contributed by atoms with Gasteiger partial charge in [-0.3, -0.25) is 0 Å². The van der Waals surface area contributed by atoms with Crippen LogP contribution in [0.2, 0.25) is 0 Å². The molecule has 0 amide bonds. The van der Waals surface area contributed by atoms with Crippen LogP contribution in [0.1, 0.15) is 41.0 Å². The fraction of sp³-hybridized carbons (Fsp3) is 0.833. The highest BCUT2D eigenvalue weighted by atomic mass is 16.5. The van der Waals surface area contributed by atoms with E-state index >= 15 is 0 Å². The van der Waals surface area contributed by atoms with Crippen LogP contribution in [-0.2, 0) is 4.74 Å². The number of ether oxygens (including phenoxy) is 1. The lowest BCUT2D eigenvalue weighted by Crippen LogP contribution is -2.36. The van der Waals surface area contributed by atoms with Crippen molar-refractivity contribution in [3.05, 3.63) is 12.2 Å². The molecule has 0 aromatic rings. The molecule has 1 heteroatoms. The van der Waals surface area contributed by atoms with Crippen LogP contribution in [0.15, 0.2) is 12.2 Å². The summed E-state index contributed by atoms with van der Waals surface area (Å²) in [5, 5.41) is 0. The Labute approximate surface area is 82.2 Å². The molecule has 0 aromatic heterocycles. The first-order valence-electron chi connectivity index (χ1n) is 5.23. The summed E-state index contributed by atoms with van der Waals surface area (Å²) in [6.07, 6.45) is 6.23. The monoisotopic (exact) mass is 182 g/mol. The van der Waals surface area contributed by atoms with Crippen molar-refractivity contribution in [1.82, 2.24) is 0 Å². The molecule has 0 saturated carbocycles. The highest BCUT2D eigenvalue weighted by Gasteiger charge is 2.29. The van der Waals surface area contributed by atoms with Crippen molar-refractivity contribution in [3.8, 4) is 0 Å². The molecule has 2 unspecified atom stereocenters. The summed E-state index contributed by atoms with van der Waals surface area (Å²) in [6.45, 7) is 11.1. The summed E-state index contributed by atoms with van der Waals surface area (Å²) >= 11 is 0. The molecular weight excluding hydrogens is 160 g/mol. The largest absolute Gasteiger partial charge is 0.370 e. The van der Waals surface area contributed by atoms with Crippen molar-refractivity contribution in [2.75, 3.05) is 0 Å². The SMILES string of the molecule is CC(C)C1C=CCC(C(C)(C)C)O1. The molecule has 0 saturated heterocycles. The van der Waals surface area contributed by atoms with Gasteiger partial charge >= 0.3 is 0 Å². The lowest BCUT2D eigenvalue weighted by atomic mass is 9.85. The normalized spacial score (nSPS) is 29.7. The van der Waals surface area contributed by atoms with Gasteiger partial charge in [0, 0.05) is 0 Å². The van der Waals surface area contributed by atoms with E-state index in [0.717, 1.165) is 6.42 Å². The van der Waals surface area contributed by atoms with Gasteiger partial charge in [0.15, 0.2) is 0 Å². The molecule has 1 heterocycles. The van der Waals surface area contributed by atoms with Gasteiger partial charge in [-0.2, -0.15) is 0 Å². The third-order valence-corrected chi connectivity index (χ3v) is 2.62. The van der Waals surface area contributed by atoms with Crippen molar-refractivity contribution in [1.29, 1.82) is 0 Å². The van der Waals surface area contributed by atoms with Gasteiger partial charge in [-0.1, -0.05) is 46.8 Å². The molecule has 0 bridgehead atoms. The van der Waals surface area contributed by atoms with Crippen LogP contribution >= 0.6 is 0 Å². The van der Waals surface area contributed by atoms with E-state index in [1.54, 1.807) is 0 Å². The predicted octanol–water partition coefficient (Wildman–Crippen LogP) is 3.40. The van der Waals surface area contributed by atoms with E-state index in [1.165, 1.54) is 0 Å². The average Bonchev–Trinajstić information content (AvgIpc) is 2.03. The van der Waals surface area contributed by atoms with Gasteiger partial charge in [0.2, 0.25) is 0 Å². The van der Waals surface area contributed by atoms with Gasteiger partial charge in [-0.15, -0.1) is 0 Å². The molecule has 0 radical (unpaired) electrons. The highest BCUT2D eigenvalue weighted by molar-refractivity contribution is 4.99. The molecule has 0 aromatic carbocycles. The maximum absolute atomic E-state index is 6.03. The topological polar surface area (TPSA) is 9.23 Å². The summed E-state index contributed by atoms with van der Waals surface area (Å²) < 4.78 is 6.03. The first kappa shape index (κ1) is 10.8. The van der Waals surface area contributed by atoms with Gasteiger partial charge in [-0.05, 0) is 17.8 Å². The van der Waals surface area contributed by atoms with Crippen LogP contribution in [0, 0.1) is 11.3 Å². The molecule has 1 aliphatic heterocycles. The Morgan fingerprint density at radius 1 is 1.31 bits per heavy atom. The average molecular weight is 182 g/mol. The van der Waals surface area contributed by atoms with E-state index in [-0.39, 0.29) is 5.41 Å². The highest BCUT2D eigenvalue weighted by Crippen LogP contribution is 2.30. The molecule has 2 atom stereocenters. The number of hydrogen-bond donors (Lipinski definition) is 0. The van der Waals surface area contributed by atoms with E-state index in [4.69, 9.17) is 4.74 Å². The smallest absolute Gasteiger partial charge is 0.0782 e. The Kier molecular flexibility index (Phi) is 3.18. The zero-order valence-electron chi connectivity index (χ0n) is 9.50. The minimum Gasteiger partial charge on any atom is -0.370 e. The summed E-state index contributed by atoms with van der Waals surface area (Å²) in [5.74, 6) is 0.585. The van der Waals surface area contributed by atoms with Crippen LogP contribution in [0.5, 0.6) is 0 Å². The zero-order chi connectivity index (χ0) is 10.1. The Bertz CT molecular complexity index is 186. The lowest BCUT2D eigenvalue weighted by Gasteiger charge is -2.36. The van der Waals surface area contributed by atoms with Gasteiger partial charge in [0.1, 0.15) is 0 Å². The first-order valence-corrected chi connectivity index (χ1v) is 5.23. The maximum Gasteiger partial charge on any atom is 0.0782 e. The van der Waals surface area contributed by atoms with Crippen molar-refractivity contribution in [3.63, 3.8) is 0 Å². The minimum atomic E-state index is 0.262.